The number of hydrazine groups is 1. The van der Waals surface area contributed by atoms with Gasteiger partial charge in [0, 0.05) is 5.56 Å². The molecule has 0 spiro atoms. The van der Waals surface area contributed by atoms with Gasteiger partial charge in [-0.3, -0.25) is 0 Å². The van der Waals surface area contributed by atoms with Crippen molar-refractivity contribution < 1.29 is 4.68 Å². The number of benzene rings is 1. The van der Waals surface area contributed by atoms with Crippen molar-refractivity contribution in [2.24, 2.45) is 0 Å². The van der Waals surface area contributed by atoms with Crippen LogP contribution in [0.3, 0.4) is 0 Å². The summed E-state index contributed by atoms with van der Waals surface area (Å²) in [5.74, 6) is 0. The minimum Gasteiger partial charge on any atom is -0.159 e. The summed E-state index contributed by atoms with van der Waals surface area (Å²) in [7, 11) is 0. The lowest BCUT2D eigenvalue weighted by molar-refractivity contribution is -0.551. The largest absolute Gasteiger partial charge is 0.200 e. The fourth-order valence-corrected chi connectivity index (χ4v) is 1.52. The van der Waals surface area contributed by atoms with Gasteiger partial charge in [0.15, 0.2) is 6.54 Å². The van der Waals surface area contributed by atoms with Crippen LogP contribution in [0.4, 0.5) is 0 Å². The van der Waals surface area contributed by atoms with Crippen molar-refractivity contribution in [2.45, 2.75) is 6.42 Å². The van der Waals surface area contributed by atoms with Gasteiger partial charge in [-0.25, -0.2) is 0 Å². The van der Waals surface area contributed by atoms with Crippen molar-refractivity contribution in [3.05, 3.63) is 35.9 Å². The van der Waals surface area contributed by atoms with Gasteiger partial charge in [-0.15, -0.1) is 4.68 Å². The standard InChI is InChI=1S/C10H10N2S/c13-10-6-7-12(11-10)8-9-4-2-1-3-5-9/h1-5,8H,6-7H2/p+1/b12-8+. The third-order valence-corrected chi connectivity index (χ3v) is 2.25. The molecule has 2 nitrogen and oxygen atoms in total. The van der Waals surface area contributed by atoms with Gasteiger partial charge in [-0.1, -0.05) is 30.4 Å². The van der Waals surface area contributed by atoms with Crippen molar-refractivity contribution in [2.75, 3.05) is 6.54 Å². The predicted octanol–water partition coefficient (Wildman–Crippen LogP) is 1.35. The molecule has 1 aliphatic rings. The quantitative estimate of drug-likeness (QED) is 0.532. The van der Waals surface area contributed by atoms with Crippen LogP contribution in [0.25, 0.3) is 0 Å². The molecule has 1 heterocycles. The fraction of sp³-hybridized carbons (Fsp3) is 0.200. The van der Waals surface area contributed by atoms with Crippen molar-refractivity contribution >= 4 is 23.4 Å². The van der Waals surface area contributed by atoms with Crippen molar-refractivity contribution in [1.82, 2.24) is 5.43 Å². The number of nitrogens with zero attached hydrogens (tertiary/aromatic N) is 1. The maximum Gasteiger partial charge on any atom is 0.200 e. The number of hydrazone groups is 1. The van der Waals surface area contributed by atoms with Crippen LogP contribution in [0.2, 0.25) is 0 Å². The summed E-state index contributed by atoms with van der Waals surface area (Å²) in [5.41, 5.74) is 4.31. The van der Waals surface area contributed by atoms with Crippen LogP contribution in [0.15, 0.2) is 30.3 Å². The highest BCUT2D eigenvalue weighted by atomic mass is 32.1. The molecule has 13 heavy (non-hydrogen) atoms. The van der Waals surface area contributed by atoms with Gasteiger partial charge >= 0.3 is 0 Å². The Morgan fingerprint density at radius 1 is 1.31 bits per heavy atom. The average Bonchev–Trinajstić information content (AvgIpc) is 2.53. The topological polar surface area (TPSA) is 15.0 Å². The van der Waals surface area contributed by atoms with E-state index in [9.17, 15) is 0 Å². The predicted molar refractivity (Wildman–Crippen MR) is 57.1 cm³/mol. The second-order valence-corrected chi connectivity index (χ2v) is 3.51. The van der Waals surface area contributed by atoms with E-state index in [1.807, 2.05) is 22.9 Å². The van der Waals surface area contributed by atoms with Gasteiger partial charge in [-0.2, -0.15) is 5.43 Å². The maximum absolute atomic E-state index is 5.04. The highest BCUT2D eigenvalue weighted by molar-refractivity contribution is 7.80. The first kappa shape index (κ1) is 8.38. The van der Waals surface area contributed by atoms with Crippen molar-refractivity contribution in [3.63, 3.8) is 0 Å². The zero-order chi connectivity index (χ0) is 9.10. The lowest BCUT2D eigenvalue weighted by Gasteiger charge is -1.92. The second kappa shape index (κ2) is 3.66. The Bertz CT molecular complexity index is 343. The second-order valence-electron chi connectivity index (χ2n) is 3.02. The molecule has 0 atom stereocenters. The van der Waals surface area contributed by atoms with Gasteiger partial charge in [-0.05, 0) is 12.1 Å². The molecule has 0 aliphatic carbocycles. The van der Waals surface area contributed by atoms with Crippen LogP contribution in [0.1, 0.15) is 12.0 Å². The zero-order valence-corrected chi connectivity index (χ0v) is 8.05. The lowest BCUT2D eigenvalue weighted by Crippen LogP contribution is -2.24. The van der Waals surface area contributed by atoms with Crippen LogP contribution in [-0.2, 0) is 0 Å². The third kappa shape index (κ3) is 2.12. The van der Waals surface area contributed by atoms with Crippen LogP contribution >= 0.6 is 12.2 Å². The molecule has 2 rings (SSSR count). The Kier molecular flexibility index (Phi) is 2.36. The van der Waals surface area contributed by atoms with Gasteiger partial charge < -0.3 is 0 Å². The number of hydrogen-bond donors (Lipinski definition) is 1. The van der Waals surface area contributed by atoms with E-state index in [2.05, 4.69) is 23.8 Å². The molecule has 66 valence electrons. The number of nitrogens with one attached hydrogen (secondary N) is 1. The van der Waals surface area contributed by atoms with Gasteiger partial charge in [0.2, 0.25) is 6.21 Å². The first-order valence-corrected chi connectivity index (χ1v) is 4.71. The molecule has 1 aliphatic heterocycles. The molecule has 0 aromatic heterocycles. The lowest BCUT2D eigenvalue weighted by atomic mass is 10.2. The molecule has 1 N–H and O–H groups in total. The summed E-state index contributed by atoms with van der Waals surface area (Å²) >= 11 is 5.04. The number of hydrogen-bond acceptors (Lipinski definition) is 1. The Hall–Kier alpha value is -1.22. The molecular formula is C10H11N2S+. The molecular weight excluding hydrogens is 180 g/mol. The van der Waals surface area contributed by atoms with Crippen molar-refractivity contribution in [3.8, 4) is 0 Å². The van der Waals surface area contributed by atoms with E-state index in [1.54, 1.807) is 0 Å². The Labute approximate surface area is 82.9 Å². The first-order chi connectivity index (χ1) is 6.34. The van der Waals surface area contributed by atoms with E-state index in [1.165, 1.54) is 5.56 Å². The summed E-state index contributed by atoms with van der Waals surface area (Å²) in [4.78, 5) is 0.923. The molecule has 0 unspecified atom stereocenters. The van der Waals surface area contributed by atoms with E-state index in [4.69, 9.17) is 12.2 Å². The van der Waals surface area contributed by atoms with E-state index in [-0.39, 0.29) is 0 Å². The zero-order valence-electron chi connectivity index (χ0n) is 7.23. The summed E-state index contributed by atoms with van der Waals surface area (Å²) in [6.07, 6.45) is 3.03. The van der Waals surface area contributed by atoms with Crippen LogP contribution < -0.4 is 5.43 Å². The van der Waals surface area contributed by atoms with Crippen LogP contribution in [-0.4, -0.2) is 22.4 Å². The Morgan fingerprint density at radius 2 is 2.08 bits per heavy atom. The number of rotatable bonds is 1. The summed E-state index contributed by atoms with van der Waals surface area (Å²) in [6, 6.07) is 10.2. The van der Waals surface area contributed by atoms with E-state index < -0.39 is 0 Å². The molecule has 1 aromatic carbocycles. The van der Waals surface area contributed by atoms with E-state index >= 15 is 0 Å². The maximum atomic E-state index is 5.04. The summed E-state index contributed by atoms with van der Waals surface area (Å²) in [5, 5.41) is 0. The van der Waals surface area contributed by atoms with E-state index in [0.717, 1.165) is 18.0 Å². The first-order valence-electron chi connectivity index (χ1n) is 4.31. The minimum absolute atomic E-state index is 0.923. The molecule has 1 saturated heterocycles. The third-order valence-electron chi connectivity index (χ3n) is 1.95. The molecule has 3 heteroatoms. The highest BCUT2D eigenvalue weighted by Crippen LogP contribution is 1.97. The van der Waals surface area contributed by atoms with Crippen LogP contribution in [0.5, 0.6) is 0 Å². The monoisotopic (exact) mass is 191 g/mol. The average molecular weight is 191 g/mol. The molecule has 0 radical (unpaired) electrons. The summed E-state index contributed by atoms with van der Waals surface area (Å²) in [6.45, 7) is 0.966. The Morgan fingerprint density at radius 3 is 2.69 bits per heavy atom. The highest BCUT2D eigenvalue weighted by Gasteiger charge is 2.16. The number of thiocarbonyl (C=S) groups is 1. The Balaban J connectivity index is 2.17. The SMILES string of the molecule is S=C1CC/[N+](=C\c2ccccc2)N1. The van der Waals surface area contributed by atoms with Gasteiger partial charge in [0.25, 0.3) is 0 Å². The minimum atomic E-state index is 0.923. The molecule has 1 fully saturated rings. The van der Waals surface area contributed by atoms with Crippen LogP contribution in [0, 0.1) is 0 Å². The van der Waals surface area contributed by atoms with E-state index in [0.29, 0.717) is 0 Å². The molecule has 1 aromatic rings. The fourth-order valence-electron chi connectivity index (χ4n) is 1.31. The molecule has 0 bridgehead atoms. The van der Waals surface area contributed by atoms with Gasteiger partial charge in [0.05, 0.1) is 6.42 Å². The molecule has 0 saturated carbocycles. The summed E-state index contributed by atoms with van der Waals surface area (Å²) < 4.78 is 2.03. The van der Waals surface area contributed by atoms with Crippen molar-refractivity contribution in [1.29, 1.82) is 0 Å². The van der Waals surface area contributed by atoms with Gasteiger partial charge in [0.1, 0.15) is 4.99 Å². The molecule has 0 amide bonds. The normalized spacial score (nSPS) is 19.1. The smallest absolute Gasteiger partial charge is 0.159 e.